The molecule has 1 amide bonds. The minimum atomic E-state index is -0.439. The maximum atomic E-state index is 13.7. The van der Waals surface area contributed by atoms with Crippen LogP contribution >= 0.6 is 0 Å². The molecule has 0 saturated carbocycles. The Hall–Kier alpha value is -3.35. The predicted molar refractivity (Wildman–Crippen MR) is 102 cm³/mol. The smallest absolute Gasteiger partial charge is 0.258 e. The number of anilines is 1. The molecule has 0 radical (unpaired) electrons. The van der Waals surface area contributed by atoms with Crippen molar-refractivity contribution in [3.63, 3.8) is 0 Å². The van der Waals surface area contributed by atoms with E-state index in [2.05, 4.69) is 4.57 Å². The number of rotatable bonds is 2. The van der Waals surface area contributed by atoms with Gasteiger partial charge in [0.05, 0.1) is 24.1 Å². The second-order valence-electron chi connectivity index (χ2n) is 7.10. The highest BCUT2D eigenvalue weighted by Crippen LogP contribution is 2.43. The lowest BCUT2D eigenvalue weighted by Gasteiger charge is -2.47. The number of hydrogen-bond donors (Lipinski definition) is 0. The molecule has 6 nitrogen and oxygen atoms in total. The van der Waals surface area contributed by atoms with E-state index in [0.29, 0.717) is 35.7 Å². The van der Waals surface area contributed by atoms with Crippen molar-refractivity contribution in [1.29, 1.82) is 0 Å². The standard InChI is InChI=1S/C21H18FN3O3/c1-23-17-5-3-12(22)9-15(17)21(27)25-8-7-24-18-6-4-13(28-2)10-14(18)16(11-26)19(24)20(23)25/h3-6,9-11,20H,7-8H2,1-2H3. The Labute approximate surface area is 160 Å². The van der Waals surface area contributed by atoms with Crippen molar-refractivity contribution in [3.8, 4) is 5.75 Å². The average Bonchev–Trinajstić information content (AvgIpc) is 3.04. The highest BCUT2D eigenvalue weighted by atomic mass is 19.1. The average molecular weight is 379 g/mol. The van der Waals surface area contributed by atoms with Crippen molar-refractivity contribution in [2.24, 2.45) is 0 Å². The molecule has 2 aliphatic heterocycles. The van der Waals surface area contributed by atoms with Crippen molar-refractivity contribution < 1.29 is 18.7 Å². The Kier molecular flexibility index (Phi) is 3.49. The monoisotopic (exact) mass is 379 g/mol. The first-order valence-corrected chi connectivity index (χ1v) is 9.04. The first-order valence-electron chi connectivity index (χ1n) is 9.04. The minimum absolute atomic E-state index is 0.219. The van der Waals surface area contributed by atoms with Gasteiger partial charge < -0.3 is 19.1 Å². The Bertz CT molecular complexity index is 1150. The van der Waals surface area contributed by atoms with E-state index in [0.717, 1.165) is 22.9 Å². The van der Waals surface area contributed by atoms with E-state index in [1.54, 1.807) is 18.1 Å². The summed E-state index contributed by atoms with van der Waals surface area (Å²) in [6.45, 7) is 1.04. The van der Waals surface area contributed by atoms with Gasteiger partial charge in [-0.2, -0.15) is 0 Å². The van der Waals surface area contributed by atoms with Gasteiger partial charge in [0.15, 0.2) is 6.29 Å². The molecule has 1 aromatic heterocycles. The van der Waals surface area contributed by atoms with Crippen LogP contribution in [0.4, 0.5) is 10.1 Å². The molecule has 0 fully saturated rings. The van der Waals surface area contributed by atoms with Crippen LogP contribution in [0.3, 0.4) is 0 Å². The number of aldehydes is 1. The zero-order chi connectivity index (χ0) is 19.6. The molecule has 0 saturated heterocycles. The summed E-state index contributed by atoms with van der Waals surface area (Å²) in [6, 6.07) is 9.90. The first kappa shape index (κ1) is 16.8. The number of ether oxygens (including phenoxy) is 1. The number of methoxy groups -OCH3 is 1. The highest BCUT2D eigenvalue weighted by molar-refractivity contribution is 6.04. The Morgan fingerprint density at radius 3 is 2.75 bits per heavy atom. The second-order valence-corrected chi connectivity index (χ2v) is 7.10. The van der Waals surface area contributed by atoms with Crippen LogP contribution in [0.25, 0.3) is 10.9 Å². The van der Waals surface area contributed by atoms with E-state index >= 15 is 0 Å². The molecular formula is C21H18FN3O3. The number of nitrogens with zero attached hydrogens (tertiary/aromatic N) is 3. The maximum absolute atomic E-state index is 13.7. The van der Waals surface area contributed by atoms with Crippen LogP contribution in [0.15, 0.2) is 36.4 Å². The fraction of sp³-hybridized carbons (Fsp3) is 0.238. The number of halogens is 1. The predicted octanol–water partition coefficient (Wildman–Crippen LogP) is 3.21. The summed E-state index contributed by atoms with van der Waals surface area (Å²) in [5, 5.41) is 0.803. The fourth-order valence-corrected chi connectivity index (χ4v) is 4.51. The van der Waals surface area contributed by atoms with Gasteiger partial charge in [-0.1, -0.05) is 0 Å². The maximum Gasteiger partial charge on any atom is 0.258 e. The third-order valence-electron chi connectivity index (χ3n) is 5.77. The fourth-order valence-electron chi connectivity index (χ4n) is 4.51. The van der Waals surface area contributed by atoms with E-state index in [-0.39, 0.29) is 5.91 Å². The number of hydrogen-bond acceptors (Lipinski definition) is 4. The number of fused-ring (bicyclic) bond motifs is 6. The quantitative estimate of drug-likeness (QED) is 0.642. The lowest BCUT2D eigenvalue weighted by molar-refractivity contribution is 0.0599. The van der Waals surface area contributed by atoms with Gasteiger partial charge in [-0.3, -0.25) is 9.59 Å². The van der Waals surface area contributed by atoms with Crippen LogP contribution in [0, 0.1) is 5.82 Å². The summed E-state index contributed by atoms with van der Waals surface area (Å²) in [7, 11) is 3.45. The lowest BCUT2D eigenvalue weighted by Crippen LogP contribution is -2.52. The zero-order valence-electron chi connectivity index (χ0n) is 15.5. The molecule has 2 aliphatic rings. The van der Waals surface area contributed by atoms with Crippen molar-refractivity contribution in [2.75, 3.05) is 25.6 Å². The lowest BCUT2D eigenvalue weighted by atomic mass is 10.0. The Morgan fingerprint density at radius 2 is 2.00 bits per heavy atom. The van der Waals surface area contributed by atoms with Crippen LogP contribution in [0.5, 0.6) is 5.75 Å². The number of amides is 1. The molecule has 1 unspecified atom stereocenters. The number of benzene rings is 2. The van der Waals surface area contributed by atoms with Gasteiger partial charge in [0.1, 0.15) is 17.7 Å². The summed E-state index contributed by atoms with van der Waals surface area (Å²) >= 11 is 0. The molecule has 142 valence electrons. The van der Waals surface area contributed by atoms with Crippen LogP contribution in [-0.2, 0) is 6.54 Å². The molecule has 0 spiro atoms. The van der Waals surface area contributed by atoms with Gasteiger partial charge in [-0.05, 0) is 36.4 Å². The summed E-state index contributed by atoms with van der Waals surface area (Å²) in [5.41, 5.74) is 3.26. The van der Waals surface area contributed by atoms with Crippen molar-refractivity contribution >= 4 is 28.8 Å². The van der Waals surface area contributed by atoms with Crippen LogP contribution in [0.1, 0.15) is 32.6 Å². The molecule has 28 heavy (non-hydrogen) atoms. The molecular weight excluding hydrogens is 361 g/mol. The second kappa shape index (κ2) is 5.82. The van der Waals surface area contributed by atoms with Crippen molar-refractivity contribution in [3.05, 3.63) is 59.0 Å². The number of aromatic nitrogens is 1. The molecule has 1 atom stereocenters. The van der Waals surface area contributed by atoms with E-state index in [1.165, 1.54) is 12.1 Å². The van der Waals surface area contributed by atoms with E-state index < -0.39 is 12.0 Å². The molecule has 7 heteroatoms. The van der Waals surface area contributed by atoms with Gasteiger partial charge >= 0.3 is 0 Å². The topological polar surface area (TPSA) is 54.8 Å². The van der Waals surface area contributed by atoms with Gasteiger partial charge in [-0.15, -0.1) is 0 Å². The normalized spacial score (nSPS) is 18.0. The third-order valence-corrected chi connectivity index (χ3v) is 5.77. The minimum Gasteiger partial charge on any atom is -0.497 e. The SMILES string of the molecule is COc1ccc2c(c1)c(C=O)c1n2CCN2C(=O)c3cc(F)ccc3N(C)C12. The van der Waals surface area contributed by atoms with Gasteiger partial charge in [0.25, 0.3) is 5.91 Å². The van der Waals surface area contributed by atoms with E-state index in [9.17, 15) is 14.0 Å². The van der Waals surface area contributed by atoms with E-state index in [1.807, 2.05) is 30.1 Å². The van der Waals surface area contributed by atoms with Gasteiger partial charge in [0, 0.05) is 36.6 Å². The number of carbonyl (C=O) groups excluding carboxylic acids is 2. The van der Waals surface area contributed by atoms with Crippen LogP contribution < -0.4 is 9.64 Å². The molecule has 3 heterocycles. The molecule has 0 N–H and O–H groups in total. The summed E-state index contributed by atoms with van der Waals surface area (Å²) in [5.74, 6) is 0.0126. The molecule has 2 aromatic carbocycles. The Balaban J connectivity index is 1.77. The van der Waals surface area contributed by atoms with Crippen molar-refractivity contribution in [1.82, 2.24) is 9.47 Å². The zero-order valence-corrected chi connectivity index (χ0v) is 15.5. The van der Waals surface area contributed by atoms with Gasteiger partial charge in [0.2, 0.25) is 0 Å². The largest absolute Gasteiger partial charge is 0.497 e. The molecule has 5 rings (SSSR count). The molecule has 3 aromatic rings. The molecule has 0 aliphatic carbocycles. The summed E-state index contributed by atoms with van der Waals surface area (Å²) in [6.07, 6.45) is 0.410. The summed E-state index contributed by atoms with van der Waals surface area (Å²) < 4.78 is 21.2. The summed E-state index contributed by atoms with van der Waals surface area (Å²) in [4.78, 5) is 28.8. The van der Waals surface area contributed by atoms with E-state index in [4.69, 9.17) is 4.74 Å². The van der Waals surface area contributed by atoms with Crippen LogP contribution in [0.2, 0.25) is 0 Å². The van der Waals surface area contributed by atoms with Gasteiger partial charge in [-0.25, -0.2) is 4.39 Å². The molecule has 0 bridgehead atoms. The van der Waals surface area contributed by atoms with Crippen molar-refractivity contribution in [2.45, 2.75) is 12.7 Å². The third kappa shape index (κ3) is 2.07. The first-order chi connectivity index (χ1) is 13.5. The van der Waals surface area contributed by atoms with Crippen LogP contribution in [-0.4, -0.2) is 42.4 Å². The number of carbonyl (C=O) groups is 2. The Morgan fingerprint density at radius 1 is 1.18 bits per heavy atom. The highest BCUT2D eigenvalue weighted by Gasteiger charge is 2.42.